The summed E-state index contributed by atoms with van der Waals surface area (Å²) in [6.07, 6.45) is 8.97. The van der Waals surface area contributed by atoms with Gasteiger partial charge in [-0.05, 0) is 66.4 Å². The van der Waals surface area contributed by atoms with Gasteiger partial charge in [0.1, 0.15) is 11.3 Å². The van der Waals surface area contributed by atoms with Crippen LogP contribution in [0.2, 0.25) is 0 Å². The van der Waals surface area contributed by atoms with Gasteiger partial charge in [0, 0.05) is 22.3 Å². The smallest absolute Gasteiger partial charge is 0.137 e. The first kappa shape index (κ1) is 23.4. The Morgan fingerprint density at radius 2 is 1.42 bits per heavy atom. The Bertz CT molecular complexity index is 1460. The Kier molecular flexibility index (Phi) is 7.14. The summed E-state index contributed by atoms with van der Waals surface area (Å²) in [6.45, 7) is 6.07. The minimum absolute atomic E-state index is 0.907. The van der Waals surface area contributed by atoms with Crippen LogP contribution in [0.1, 0.15) is 31.1 Å². The number of unbranched alkanes of at least 4 members (excludes halogenated alkanes) is 1. The standard InChI is InChI=1S/C34H31NO/c1-3-5-18-30-32(20-6-4-2)36-33-21-13-19-31(34(30)33)35(28-16-11-8-12-17-28)29-24-22-27(23-25-29)26-14-9-7-10-15-26/h4,6-17,19-25H,2-3,5,18H2,1H3/b20-6-. The average molecular weight is 470 g/mol. The van der Waals surface area contributed by atoms with Crippen LogP contribution in [0, 0.1) is 0 Å². The molecule has 0 bridgehead atoms. The fraction of sp³-hybridized carbons (Fsp3) is 0.118. The summed E-state index contributed by atoms with van der Waals surface area (Å²) in [6, 6.07) is 36.2. The summed E-state index contributed by atoms with van der Waals surface area (Å²) >= 11 is 0. The van der Waals surface area contributed by atoms with Crippen LogP contribution in [0.5, 0.6) is 0 Å². The topological polar surface area (TPSA) is 16.4 Å². The number of furan rings is 1. The van der Waals surface area contributed by atoms with Crippen molar-refractivity contribution in [3.05, 3.63) is 133 Å². The molecule has 0 unspecified atom stereocenters. The Hall–Kier alpha value is -4.30. The number of nitrogens with zero attached hydrogens (tertiary/aromatic N) is 1. The first-order valence-electron chi connectivity index (χ1n) is 12.6. The lowest BCUT2D eigenvalue weighted by Crippen LogP contribution is -2.10. The second kappa shape index (κ2) is 11.0. The van der Waals surface area contributed by atoms with Gasteiger partial charge in [0.15, 0.2) is 0 Å². The highest BCUT2D eigenvalue weighted by atomic mass is 16.3. The lowest BCUT2D eigenvalue weighted by Gasteiger charge is -2.26. The van der Waals surface area contributed by atoms with Gasteiger partial charge in [0.25, 0.3) is 0 Å². The molecule has 1 heterocycles. The van der Waals surface area contributed by atoms with Crippen LogP contribution in [0.4, 0.5) is 17.1 Å². The number of para-hydroxylation sites is 1. The van der Waals surface area contributed by atoms with Crippen molar-refractivity contribution in [2.75, 3.05) is 4.90 Å². The number of hydrogen-bond acceptors (Lipinski definition) is 2. The van der Waals surface area contributed by atoms with Gasteiger partial charge in [-0.25, -0.2) is 0 Å². The number of allylic oxidation sites excluding steroid dienone is 2. The third kappa shape index (κ3) is 4.76. The Morgan fingerprint density at radius 3 is 2.11 bits per heavy atom. The van der Waals surface area contributed by atoms with Crippen molar-refractivity contribution in [3.8, 4) is 11.1 Å². The number of aryl methyl sites for hydroxylation is 1. The molecule has 2 nitrogen and oxygen atoms in total. The molecule has 5 rings (SSSR count). The van der Waals surface area contributed by atoms with E-state index in [4.69, 9.17) is 4.42 Å². The molecule has 1 aromatic heterocycles. The zero-order chi connectivity index (χ0) is 24.7. The van der Waals surface area contributed by atoms with E-state index in [1.54, 1.807) is 6.08 Å². The predicted octanol–water partition coefficient (Wildman–Crippen LogP) is 10.1. The van der Waals surface area contributed by atoms with E-state index < -0.39 is 0 Å². The molecule has 0 atom stereocenters. The highest BCUT2D eigenvalue weighted by Crippen LogP contribution is 2.42. The van der Waals surface area contributed by atoms with Crippen LogP contribution in [0.15, 0.2) is 126 Å². The van der Waals surface area contributed by atoms with E-state index in [1.807, 2.05) is 12.2 Å². The van der Waals surface area contributed by atoms with Gasteiger partial charge in [-0.15, -0.1) is 0 Å². The van der Waals surface area contributed by atoms with Gasteiger partial charge < -0.3 is 9.32 Å². The van der Waals surface area contributed by atoms with E-state index in [9.17, 15) is 0 Å². The van der Waals surface area contributed by atoms with Crippen molar-refractivity contribution in [1.29, 1.82) is 0 Å². The molecule has 2 heteroatoms. The maximum absolute atomic E-state index is 6.38. The molecular formula is C34H31NO. The Balaban J connectivity index is 1.69. The van der Waals surface area contributed by atoms with Gasteiger partial charge in [-0.2, -0.15) is 0 Å². The summed E-state index contributed by atoms with van der Waals surface area (Å²) in [7, 11) is 0. The lowest BCUT2D eigenvalue weighted by atomic mass is 10.0. The normalized spacial score (nSPS) is 11.2. The zero-order valence-electron chi connectivity index (χ0n) is 20.7. The number of hydrogen-bond donors (Lipinski definition) is 0. The van der Waals surface area contributed by atoms with Gasteiger partial charge in [0.2, 0.25) is 0 Å². The average Bonchev–Trinajstić information content (AvgIpc) is 3.30. The fourth-order valence-electron chi connectivity index (χ4n) is 4.73. The molecule has 0 N–H and O–H groups in total. The van der Waals surface area contributed by atoms with Crippen LogP contribution >= 0.6 is 0 Å². The quantitative estimate of drug-likeness (QED) is 0.200. The monoisotopic (exact) mass is 469 g/mol. The van der Waals surface area contributed by atoms with E-state index in [2.05, 4.69) is 122 Å². The Morgan fingerprint density at radius 1 is 0.750 bits per heavy atom. The molecule has 5 aromatic rings. The van der Waals surface area contributed by atoms with E-state index >= 15 is 0 Å². The molecule has 0 spiro atoms. The molecule has 0 fully saturated rings. The van der Waals surface area contributed by atoms with E-state index in [1.165, 1.54) is 22.1 Å². The van der Waals surface area contributed by atoms with E-state index in [0.29, 0.717) is 0 Å². The van der Waals surface area contributed by atoms with Crippen LogP contribution in [0.3, 0.4) is 0 Å². The van der Waals surface area contributed by atoms with Gasteiger partial charge in [-0.3, -0.25) is 0 Å². The highest BCUT2D eigenvalue weighted by molar-refractivity contribution is 6.00. The number of benzene rings is 4. The van der Waals surface area contributed by atoms with Crippen molar-refractivity contribution in [2.24, 2.45) is 0 Å². The number of anilines is 3. The second-order valence-corrected chi connectivity index (χ2v) is 8.88. The SMILES string of the molecule is C=C/C=C\c1oc2cccc(N(c3ccccc3)c3ccc(-c4ccccc4)cc3)c2c1CCCC. The summed E-state index contributed by atoms with van der Waals surface area (Å²) < 4.78 is 6.38. The molecular weight excluding hydrogens is 438 g/mol. The number of fused-ring (bicyclic) bond motifs is 1. The first-order valence-corrected chi connectivity index (χ1v) is 12.6. The molecule has 0 saturated carbocycles. The van der Waals surface area contributed by atoms with Crippen molar-refractivity contribution in [3.63, 3.8) is 0 Å². The van der Waals surface area contributed by atoms with E-state index in [0.717, 1.165) is 47.7 Å². The zero-order valence-corrected chi connectivity index (χ0v) is 20.7. The van der Waals surface area contributed by atoms with Crippen molar-refractivity contribution >= 4 is 34.1 Å². The third-order valence-corrected chi connectivity index (χ3v) is 6.48. The minimum atomic E-state index is 0.907. The van der Waals surface area contributed by atoms with Crippen molar-refractivity contribution in [1.82, 2.24) is 0 Å². The van der Waals surface area contributed by atoms with Gasteiger partial charge in [-0.1, -0.05) is 98.8 Å². The first-order chi connectivity index (χ1) is 17.8. The molecule has 178 valence electrons. The molecule has 0 amide bonds. The Labute approximate surface area is 213 Å². The lowest BCUT2D eigenvalue weighted by molar-refractivity contribution is 0.596. The minimum Gasteiger partial charge on any atom is -0.456 e. The molecule has 0 saturated heterocycles. The summed E-state index contributed by atoms with van der Waals surface area (Å²) in [4.78, 5) is 2.34. The van der Waals surface area contributed by atoms with E-state index in [-0.39, 0.29) is 0 Å². The van der Waals surface area contributed by atoms with Crippen molar-refractivity contribution < 1.29 is 4.42 Å². The third-order valence-electron chi connectivity index (χ3n) is 6.48. The van der Waals surface area contributed by atoms with Crippen LogP contribution < -0.4 is 4.90 Å². The maximum Gasteiger partial charge on any atom is 0.137 e. The van der Waals surface area contributed by atoms with Crippen LogP contribution in [-0.4, -0.2) is 0 Å². The molecule has 0 aliphatic heterocycles. The molecule has 4 aromatic carbocycles. The fourth-order valence-corrected chi connectivity index (χ4v) is 4.73. The molecule has 0 radical (unpaired) electrons. The van der Waals surface area contributed by atoms with Crippen molar-refractivity contribution in [2.45, 2.75) is 26.2 Å². The highest BCUT2D eigenvalue weighted by Gasteiger charge is 2.21. The number of rotatable bonds is 9. The molecule has 0 aliphatic carbocycles. The summed E-state index contributed by atoms with van der Waals surface area (Å²) in [5.74, 6) is 0.915. The summed E-state index contributed by atoms with van der Waals surface area (Å²) in [5, 5.41) is 1.17. The van der Waals surface area contributed by atoms with Gasteiger partial charge in [0.05, 0.1) is 5.69 Å². The largest absolute Gasteiger partial charge is 0.456 e. The van der Waals surface area contributed by atoms with Gasteiger partial charge >= 0.3 is 0 Å². The predicted molar refractivity (Wildman–Crippen MR) is 154 cm³/mol. The summed E-state index contributed by atoms with van der Waals surface area (Å²) in [5.41, 5.74) is 7.93. The second-order valence-electron chi connectivity index (χ2n) is 8.88. The molecule has 36 heavy (non-hydrogen) atoms. The maximum atomic E-state index is 6.38. The van der Waals surface area contributed by atoms with Crippen LogP contribution in [0.25, 0.3) is 28.2 Å². The molecule has 0 aliphatic rings. The van der Waals surface area contributed by atoms with Crippen LogP contribution in [-0.2, 0) is 6.42 Å².